The highest BCUT2D eigenvalue weighted by molar-refractivity contribution is 5.52. The van der Waals surface area contributed by atoms with Gasteiger partial charge in [0.25, 0.3) is 0 Å². The summed E-state index contributed by atoms with van der Waals surface area (Å²) in [5, 5.41) is 3.25. The predicted octanol–water partition coefficient (Wildman–Crippen LogP) is 3.84. The number of pyridine rings is 1. The summed E-state index contributed by atoms with van der Waals surface area (Å²) in [4.78, 5) is 8.78. The number of anilines is 1. The van der Waals surface area contributed by atoms with E-state index in [0.29, 0.717) is 12.4 Å². The molecule has 4 nitrogen and oxygen atoms in total. The Morgan fingerprint density at radius 2 is 1.91 bits per heavy atom. The first-order valence-corrected chi connectivity index (χ1v) is 7.08. The Kier molecular flexibility index (Phi) is 4.14. The third-order valence-electron chi connectivity index (χ3n) is 3.22. The molecule has 0 unspecified atom stereocenters. The zero-order valence-electron chi connectivity index (χ0n) is 12.2. The van der Waals surface area contributed by atoms with E-state index in [4.69, 9.17) is 4.42 Å². The Balaban J connectivity index is 1.59. The van der Waals surface area contributed by atoms with Crippen LogP contribution in [0.3, 0.4) is 0 Å². The van der Waals surface area contributed by atoms with Crippen molar-refractivity contribution in [1.29, 1.82) is 0 Å². The van der Waals surface area contributed by atoms with Gasteiger partial charge in [0.2, 0.25) is 5.89 Å². The second kappa shape index (κ2) is 6.39. The summed E-state index contributed by atoms with van der Waals surface area (Å²) in [7, 11) is 0. The molecule has 3 rings (SSSR count). The summed E-state index contributed by atoms with van der Waals surface area (Å²) in [6.45, 7) is 2.67. The van der Waals surface area contributed by atoms with Crippen molar-refractivity contribution < 1.29 is 8.81 Å². The first kappa shape index (κ1) is 14.3. The van der Waals surface area contributed by atoms with Crippen molar-refractivity contribution in [1.82, 2.24) is 9.97 Å². The Hall–Kier alpha value is -2.69. The van der Waals surface area contributed by atoms with Gasteiger partial charge in [0.05, 0.1) is 5.69 Å². The van der Waals surface area contributed by atoms with Crippen molar-refractivity contribution in [2.75, 3.05) is 11.9 Å². The third kappa shape index (κ3) is 3.49. The molecule has 0 spiro atoms. The van der Waals surface area contributed by atoms with Gasteiger partial charge in [0.1, 0.15) is 17.9 Å². The zero-order chi connectivity index (χ0) is 15.4. The molecule has 0 atom stereocenters. The van der Waals surface area contributed by atoms with Crippen molar-refractivity contribution in [3.05, 3.63) is 65.9 Å². The number of halogens is 1. The predicted molar refractivity (Wildman–Crippen MR) is 83.1 cm³/mol. The minimum atomic E-state index is -0.273. The Morgan fingerprint density at radius 3 is 2.68 bits per heavy atom. The fraction of sp³-hybridized carbons (Fsp3) is 0.176. The molecule has 1 N–H and O–H groups in total. The summed E-state index contributed by atoms with van der Waals surface area (Å²) < 4.78 is 18.3. The largest absolute Gasteiger partial charge is 0.444 e. The first-order chi connectivity index (χ1) is 10.7. The molecular formula is C17H16FN3O. The van der Waals surface area contributed by atoms with Crippen LogP contribution in [0.15, 0.2) is 53.1 Å². The fourth-order valence-electron chi connectivity index (χ4n) is 2.11. The molecule has 3 aromatic rings. The standard InChI is InChI=1S/C17H16FN3O/c1-12-3-2-4-16(20-12)19-10-9-15-11-22-17(21-15)13-5-7-14(18)8-6-13/h2-8,11H,9-10H2,1H3,(H,19,20). The van der Waals surface area contributed by atoms with E-state index in [2.05, 4.69) is 15.3 Å². The van der Waals surface area contributed by atoms with E-state index in [1.807, 2.05) is 25.1 Å². The van der Waals surface area contributed by atoms with Gasteiger partial charge in [-0.15, -0.1) is 0 Å². The Labute approximate surface area is 128 Å². The molecule has 2 aromatic heterocycles. The van der Waals surface area contributed by atoms with Gasteiger partial charge in [-0.2, -0.15) is 0 Å². The molecule has 1 aromatic carbocycles. The lowest BCUT2D eigenvalue weighted by Gasteiger charge is -2.04. The van der Waals surface area contributed by atoms with Crippen LogP contribution in [0.5, 0.6) is 0 Å². The van der Waals surface area contributed by atoms with Crippen LogP contribution in [-0.2, 0) is 6.42 Å². The smallest absolute Gasteiger partial charge is 0.226 e. The van der Waals surface area contributed by atoms with E-state index < -0.39 is 0 Å². The van der Waals surface area contributed by atoms with Crippen LogP contribution in [0.25, 0.3) is 11.5 Å². The number of hydrogen-bond donors (Lipinski definition) is 1. The van der Waals surface area contributed by atoms with E-state index in [1.165, 1.54) is 12.1 Å². The lowest BCUT2D eigenvalue weighted by molar-refractivity contribution is 0.572. The molecule has 2 heterocycles. The number of aromatic nitrogens is 2. The number of nitrogens with one attached hydrogen (secondary N) is 1. The third-order valence-corrected chi connectivity index (χ3v) is 3.22. The average molecular weight is 297 g/mol. The van der Waals surface area contributed by atoms with Gasteiger partial charge < -0.3 is 9.73 Å². The number of hydrogen-bond acceptors (Lipinski definition) is 4. The van der Waals surface area contributed by atoms with Gasteiger partial charge in [0.15, 0.2) is 0 Å². The van der Waals surface area contributed by atoms with E-state index in [1.54, 1.807) is 18.4 Å². The first-order valence-electron chi connectivity index (χ1n) is 7.08. The van der Waals surface area contributed by atoms with Crippen LogP contribution in [0.2, 0.25) is 0 Å². The molecule has 0 saturated heterocycles. The molecule has 0 bridgehead atoms. The maximum Gasteiger partial charge on any atom is 0.226 e. The van der Waals surface area contributed by atoms with Gasteiger partial charge in [-0.1, -0.05) is 6.07 Å². The molecule has 0 aliphatic heterocycles. The van der Waals surface area contributed by atoms with E-state index in [0.717, 1.165) is 29.2 Å². The second-order valence-corrected chi connectivity index (χ2v) is 4.99. The Morgan fingerprint density at radius 1 is 1.09 bits per heavy atom. The number of oxazole rings is 1. The summed E-state index contributed by atoms with van der Waals surface area (Å²) in [5.74, 6) is 1.08. The van der Waals surface area contributed by atoms with Crippen LogP contribution in [0.4, 0.5) is 10.2 Å². The highest BCUT2D eigenvalue weighted by Gasteiger charge is 2.06. The van der Waals surface area contributed by atoms with Crippen LogP contribution in [-0.4, -0.2) is 16.5 Å². The summed E-state index contributed by atoms with van der Waals surface area (Å²) in [6, 6.07) is 11.9. The van der Waals surface area contributed by atoms with Crippen molar-refractivity contribution >= 4 is 5.82 Å². The maximum atomic E-state index is 12.9. The summed E-state index contributed by atoms with van der Waals surface area (Å²) in [6.07, 6.45) is 2.35. The zero-order valence-corrected chi connectivity index (χ0v) is 12.2. The lowest BCUT2D eigenvalue weighted by atomic mass is 10.2. The van der Waals surface area contributed by atoms with Gasteiger partial charge in [0, 0.05) is 24.2 Å². The number of aryl methyl sites for hydroxylation is 1. The lowest BCUT2D eigenvalue weighted by Crippen LogP contribution is -2.06. The maximum absolute atomic E-state index is 12.9. The van der Waals surface area contributed by atoms with Crippen molar-refractivity contribution in [3.63, 3.8) is 0 Å². The molecule has 0 saturated carbocycles. The minimum absolute atomic E-state index is 0.273. The minimum Gasteiger partial charge on any atom is -0.444 e. The average Bonchev–Trinajstić information content (AvgIpc) is 2.97. The monoisotopic (exact) mass is 297 g/mol. The highest BCUT2D eigenvalue weighted by Crippen LogP contribution is 2.19. The van der Waals surface area contributed by atoms with Crippen LogP contribution < -0.4 is 5.32 Å². The molecule has 22 heavy (non-hydrogen) atoms. The van der Waals surface area contributed by atoms with Crippen LogP contribution in [0.1, 0.15) is 11.4 Å². The van der Waals surface area contributed by atoms with Gasteiger partial charge in [-0.05, 0) is 43.3 Å². The highest BCUT2D eigenvalue weighted by atomic mass is 19.1. The van der Waals surface area contributed by atoms with Crippen molar-refractivity contribution in [2.45, 2.75) is 13.3 Å². The van der Waals surface area contributed by atoms with Gasteiger partial charge >= 0.3 is 0 Å². The number of nitrogens with zero attached hydrogens (tertiary/aromatic N) is 2. The molecule has 112 valence electrons. The molecular weight excluding hydrogens is 281 g/mol. The molecule has 5 heteroatoms. The number of benzene rings is 1. The molecule has 0 aliphatic rings. The van der Waals surface area contributed by atoms with Crippen molar-refractivity contribution in [3.8, 4) is 11.5 Å². The molecule has 0 amide bonds. The summed E-state index contributed by atoms with van der Waals surface area (Å²) >= 11 is 0. The van der Waals surface area contributed by atoms with Gasteiger partial charge in [-0.3, -0.25) is 0 Å². The van der Waals surface area contributed by atoms with E-state index >= 15 is 0 Å². The quantitative estimate of drug-likeness (QED) is 0.777. The normalized spacial score (nSPS) is 10.6. The molecule has 0 aliphatic carbocycles. The number of rotatable bonds is 5. The summed E-state index contributed by atoms with van der Waals surface area (Å²) in [5.41, 5.74) is 2.59. The van der Waals surface area contributed by atoms with E-state index in [9.17, 15) is 4.39 Å². The molecule has 0 radical (unpaired) electrons. The molecule has 0 fully saturated rings. The van der Waals surface area contributed by atoms with Crippen LogP contribution in [0, 0.1) is 12.7 Å². The SMILES string of the molecule is Cc1cccc(NCCc2coc(-c3ccc(F)cc3)n2)n1. The fourth-order valence-corrected chi connectivity index (χ4v) is 2.11. The van der Waals surface area contributed by atoms with Gasteiger partial charge in [-0.25, -0.2) is 14.4 Å². The van der Waals surface area contributed by atoms with E-state index in [-0.39, 0.29) is 5.82 Å². The van der Waals surface area contributed by atoms with Crippen molar-refractivity contribution in [2.24, 2.45) is 0 Å². The van der Waals surface area contributed by atoms with Crippen LogP contribution >= 0.6 is 0 Å². The topological polar surface area (TPSA) is 51.0 Å². The Bertz CT molecular complexity index is 753. The second-order valence-electron chi connectivity index (χ2n) is 4.99.